The van der Waals surface area contributed by atoms with Gasteiger partial charge in [-0.1, -0.05) is 30.3 Å². The molecule has 1 saturated heterocycles. The molecule has 2 aromatic rings. The van der Waals surface area contributed by atoms with E-state index in [9.17, 15) is 33.3 Å². The van der Waals surface area contributed by atoms with Gasteiger partial charge in [0.15, 0.2) is 5.71 Å². The molecule has 2 amide bonds. The first-order chi connectivity index (χ1) is 16.2. The summed E-state index contributed by atoms with van der Waals surface area (Å²) in [6.07, 6.45) is -4.77. The third-order valence-corrected chi connectivity index (χ3v) is 5.04. The van der Waals surface area contributed by atoms with Crippen LogP contribution in [0.5, 0.6) is 5.75 Å². The van der Waals surface area contributed by atoms with E-state index in [0.717, 1.165) is 34.8 Å². The second-order valence-corrected chi connectivity index (χ2v) is 7.26. The lowest BCUT2D eigenvalue weighted by atomic mass is 9.87. The fourth-order valence-electron chi connectivity index (χ4n) is 3.53. The molecular formula is C22H13F3N6O3. The van der Waals surface area contributed by atoms with E-state index in [1.807, 2.05) is 0 Å². The van der Waals surface area contributed by atoms with E-state index >= 15 is 0 Å². The minimum Gasteiger partial charge on any atom is -0.406 e. The maximum atomic E-state index is 12.6. The zero-order chi connectivity index (χ0) is 24.5. The molecule has 2 aromatic carbocycles. The van der Waals surface area contributed by atoms with Gasteiger partial charge in [0.1, 0.15) is 17.9 Å². The van der Waals surface area contributed by atoms with Crippen molar-refractivity contribution in [2.45, 2.75) is 18.4 Å². The minimum absolute atomic E-state index is 0.00256. The molecule has 1 unspecified atom stereocenters. The van der Waals surface area contributed by atoms with Gasteiger partial charge in [-0.3, -0.25) is 14.9 Å². The number of nitrogens with one attached hydrogen (secondary N) is 1. The fraction of sp³-hybridized carbons (Fsp3) is 0.182. The van der Waals surface area contributed by atoms with E-state index in [2.05, 4.69) is 20.1 Å². The normalized spacial score (nSPS) is 19.1. The molecule has 2 aliphatic rings. The van der Waals surface area contributed by atoms with Crippen molar-refractivity contribution in [2.75, 3.05) is 5.01 Å². The highest BCUT2D eigenvalue weighted by atomic mass is 19.4. The number of carbonyl (C=O) groups is 2. The fourth-order valence-corrected chi connectivity index (χ4v) is 3.53. The van der Waals surface area contributed by atoms with E-state index < -0.39 is 35.5 Å². The van der Waals surface area contributed by atoms with Crippen molar-refractivity contribution in [1.82, 2.24) is 5.32 Å². The first-order valence-corrected chi connectivity index (χ1v) is 9.72. The number of amides is 2. The van der Waals surface area contributed by atoms with E-state index in [0.29, 0.717) is 0 Å². The average molecular weight is 466 g/mol. The van der Waals surface area contributed by atoms with Crippen LogP contribution in [0.2, 0.25) is 0 Å². The lowest BCUT2D eigenvalue weighted by molar-refractivity contribution is -0.274. The lowest BCUT2D eigenvalue weighted by Gasteiger charge is -2.36. The predicted octanol–water partition coefficient (Wildman–Crippen LogP) is 2.46. The zero-order valence-corrected chi connectivity index (χ0v) is 17.1. The average Bonchev–Trinajstić information content (AvgIpc) is 2.81. The number of alkyl halides is 3. The highest BCUT2D eigenvalue weighted by molar-refractivity contribution is 6.71. The van der Waals surface area contributed by atoms with Gasteiger partial charge in [0, 0.05) is 0 Å². The second-order valence-electron chi connectivity index (χ2n) is 7.26. The quantitative estimate of drug-likeness (QED) is 0.689. The van der Waals surface area contributed by atoms with Crippen molar-refractivity contribution < 1.29 is 27.5 Å². The van der Waals surface area contributed by atoms with E-state index in [-0.39, 0.29) is 23.5 Å². The summed E-state index contributed by atoms with van der Waals surface area (Å²) in [7, 11) is 0. The Balaban J connectivity index is 1.76. The Kier molecular flexibility index (Phi) is 5.51. The number of imide groups is 1. The first-order valence-electron chi connectivity index (χ1n) is 9.72. The van der Waals surface area contributed by atoms with Gasteiger partial charge in [-0.05, 0) is 36.2 Å². The van der Waals surface area contributed by atoms with Crippen LogP contribution in [0.1, 0.15) is 5.56 Å². The summed E-state index contributed by atoms with van der Waals surface area (Å²) in [6.45, 7) is 0. The molecule has 9 nitrogen and oxygen atoms in total. The zero-order valence-electron chi connectivity index (χ0n) is 17.1. The maximum absolute atomic E-state index is 12.6. The number of hydrazone groups is 1. The number of nitriles is 2. The van der Waals surface area contributed by atoms with Crippen molar-refractivity contribution >= 4 is 28.9 Å². The Bertz CT molecular complexity index is 1280. The van der Waals surface area contributed by atoms with Crippen molar-refractivity contribution in [3.63, 3.8) is 0 Å². The molecule has 0 spiro atoms. The molecule has 0 saturated carbocycles. The summed E-state index contributed by atoms with van der Waals surface area (Å²) in [6, 6.07) is 16.5. The van der Waals surface area contributed by atoms with Crippen molar-refractivity contribution in [3.8, 4) is 17.9 Å². The van der Waals surface area contributed by atoms with Gasteiger partial charge in [-0.15, -0.1) is 13.2 Å². The predicted molar refractivity (Wildman–Crippen MR) is 111 cm³/mol. The monoisotopic (exact) mass is 466 g/mol. The number of halogens is 3. The molecule has 0 bridgehead atoms. The molecule has 34 heavy (non-hydrogen) atoms. The maximum Gasteiger partial charge on any atom is 0.573 e. The van der Waals surface area contributed by atoms with Crippen LogP contribution in [-0.4, -0.2) is 35.3 Å². The number of benzene rings is 2. The number of fused-ring (bicyclic) bond motifs is 1. The van der Waals surface area contributed by atoms with Crippen molar-refractivity contribution in [1.29, 1.82) is 10.5 Å². The van der Waals surface area contributed by atoms with Gasteiger partial charge in [-0.2, -0.15) is 15.6 Å². The molecule has 12 heteroatoms. The highest BCUT2D eigenvalue weighted by Crippen LogP contribution is 2.33. The standard InChI is InChI=1S/C22H13F3N6O3/c23-22(24,25)34-15-8-6-14(7-9-15)31-21(11-26,12-27)29-17-16(10-13-4-2-1-3-5-13)19(32)28-20(33)18(17)30-31/h1-9,16H,10H2,(H,28,32,33). The van der Waals surface area contributed by atoms with Crippen LogP contribution in [0.25, 0.3) is 0 Å². The molecule has 2 heterocycles. The van der Waals surface area contributed by atoms with Crippen LogP contribution in [0, 0.1) is 28.6 Å². The molecule has 1 N–H and O–H groups in total. The Morgan fingerprint density at radius 2 is 1.71 bits per heavy atom. The Hall–Kier alpha value is -4.71. The number of piperidine rings is 1. The summed E-state index contributed by atoms with van der Waals surface area (Å²) in [4.78, 5) is 29.3. The number of ether oxygens (including phenoxy) is 1. The van der Waals surface area contributed by atoms with E-state index in [4.69, 9.17) is 0 Å². The third-order valence-electron chi connectivity index (χ3n) is 5.04. The number of aliphatic imine (C=N–C) groups is 1. The summed E-state index contributed by atoms with van der Waals surface area (Å²) in [5, 5.41) is 26.8. The Morgan fingerprint density at radius 1 is 1.06 bits per heavy atom. The lowest BCUT2D eigenvalue weighted by Crippen LogP contribution is -2.59. The van der Waals surface area contributed by atoms with Crippen molar-refractivity contribution in [3.05, 3.63) is 60.2 Å². The molecule has 2 aliphatic heterocycles. The van der Waals surface area contributed by atoms with Crippen LogP contribution in [0.15, 0.2) is 64.7 Å². The molecule has 170 valence electrons. The molecular weight excluding hydrogens is 453 g/mol. The Morgan fingerprint density at radius 3 is 2.29 bits per heavy atom. The van der Waals surface area contributed by atoms with E-state index in [1.54, 1.807) is 42.5 Å². The van der Waals surface area contributed by atoms with Crippen molar-refractivity contribution in [2.24, 2.45) is 16.0 Å². The number of nitrogens with zero attached hydrogens (tertiary/aromatic N) is 5. The van der Waals surface area contributed by atoms with Crippen LogP contribution in [0.3, 0.4) is 0 Å². The largest absolute Gasteiger partial charge is 0.573 e. The smallest absolute Gasteiger partial charge is 0.406 e. The van der Waals surface area contributed by atoms with Crippen LogP contribution >= 0.6 is 0 Å². The van der Waals surface area contributed by atoms with E-state index in [1.165, 1.54) is 0 Å². The molecule has 0 aliphatic carbocycles. The minimum atomic E-state index is -4.91. The summed E-state index contributed by atoms with van der Waals surface area (Å²) < 4.78 is 41.2. The number of anilines is 1. The molecule has 0 aromatic heterocycles. The molecule has 0 radical (unpaired) electrons. The number of carbonyl (C=O) groups excluding carboxylic acids is 2. The SMILES string of the molecule is N#CC1(C#N)N=C2C(=NN1c1ccc(OC(F)(F)F)cc1)C(=O)NC(=O)C2Cc1ccccc1. The summed E-state index contributed by atoms with van der Waals surface area (Å²) in [5.41, 5.74) is -1.96. The van der Waals surface area contributed by atoms with Crippen LogP contribution < -0.4 is 15.1 Å². The van der Waals surface area contributed by atoms with Gasteiger partial charge >= 0.3 is 12.0 Å². The molecule has 1 fully saturated rings. The van der Waals surface area contributed by atoms with Crippen LogP contribution in [0.4, 0.5) is 18.9 Å². The van der Waals surface area contributed by atoms with Gasteiger partial charge in [-0.25, -0.2) is 10.0 Å². The number of hydrogen-bond donors (Lipinski definition) is 1. The Labute approximate surface area is 190 Å². The second kappa shape index (κ2) is 8.33. The molecule has 4 rings (SSSR count). The number of hydrogen-bond acceptors (Lipinski definition) is 8. The van der Waals surface area contributed by atoms with Gasteiger partial charge in [0.05, 0.1) is 17.3 Å². The highest BCUT2D eigenvalue weighted by Gasteiger charge is 2.49. The van der Waals surface area contributed by atoms with Gasteiger partial charge in [0.25, 0.3) is 5.91 Å². The summed E-state index contributed by atoms with van der Waals surface area (Å²) in [5.74, 6) is -3.06. The number of rotatable bonds is 4. The van der Waals surface area contributed by atoms with Crippen LogP contribution in [-0.2, 0) is 16.0 Å². The van der Waals surface area contributed by atoms with Gasteiger partial charge < -0.3 is 4.74 Å². The van der Waals surface area contributed by atoms with Gasteiger partial charge in [0.2, 0.25) is 5.91 Å². The summed E-state index contributed by atoms with van der Waals surface area (Å²) >= 11 is 0. The molecule has 1 atom stereocenters. The third kappa shape index (κ3) is 4.17. The topological polar surface area (TPSA) is 131 Å². The first kappa shape index (κ1) is 22.5.